The first-order valence-electron chi connectivity index (χ1n) is 8.45. The van der Waals surface area contributed by atoms with Crippen LogP contribution in [0.5, 0.6) is 0 Å². The zero-order chi connectivity index (χ0) is 19.1. The summed E-state index contributed by atoms with van der Waals surface area (Å²) in [6.07, 6.45) is 0. The second kappa shape index (κ2) is 9.00. The molecule has 0 saturated carbocycles. The molecule has 2 aromatic carbocycles. The van der Waals surface area contributed by atoms with Gasteiger partial charge in [0.2, 0.25) is 5.91 Å². The minimum atomic E-state index is -0.506. The highest BCUT2D eigenvalue weighted by atomic mass is 32.2. The van der Waals surface area contributed by atoms with Crippen LogP contribution >= 0.6 is 11.8 Å². The standard InChI is InChI=1S/C19H19N5O2S/c1-2-20-18(26)23-16(25)12-27-19-22-15-11-7-6-10-14(15)17(24-19)21-13-8-4-3-5-9-13/h3-11H,2,12H2,1H3,(H,21,22,24)(H2,20,23,25,26). The Balaban J connectivity index is 1.78. The van der Waals surface area contributed by atoms with E-state index >= 15 is 0 Å². The van der Waals surface area contributed by atoms with Crippen molar-refractivity contribution in [3.05, 3.63) is 54.6 Å². The van der Waals surface area contributed by atoms with Gasteiger partial charge >= 0.3 is 6.03 Å². The summed E-state index contributed by atoms with van der Waals surface area (Å²) in [5, 5.41) is 9.41. The minimum absolute atomic E-state index is 0.0419. The number of hydrogen-bond acceptors (Lipinski definition) is 6. The van der Waals surface area contributed by atoms with Gasteiger partial charge in [-0.1, -0.05) is 42.1 Å². The Bertz CT molecular complexity index is 949. The van der Waals surface area contributed by atoms with Gasteiger partial charge in [-0.3, -0.25) is 10.1 Å². The number of hydrogen-bond donors (Lipinski definition) is 3. The summed E-state index contributed by atoms with van der Waals surface area (Å²) in [6, 6.07) is 16.9. The van der Waals surface area contributed by atoms with E-state index in [1.54, 1.807) is 6.92 Å². The number of fused-ring (bicyclic) bond motifs is 1. The van der Waals surface area contributed by atoms with E-state index < -0.39 is 11.9 Å². The Labute approximate surface area is 161 Å². The lowest BCUT2D eigenvalue weighted by molar-refractivity contribution is -0.117. The highest BCUT2D eigenvalue weighted by Gasteiger charge is 2.12. The van der Waals surface area contributed by atoms with E-state index in [1.165, 1.54) is 11.8 Å². The summed E-state index contributed by atoms with van der Waals surface area (Å²) >= 11 is 1.17. The summed E-state index contributed by atoms with van der Waals surface area (Å²) in [4.78, 5) is 32.3. The molecule has 7 nitrogen and oxygen atoms in total. The van der Waals surface area contributed by atoms with Crippen molar-refractivity contribution in [3.8, 4) is 0 Å². The fourth-order valence-electron chi connectivity index (χ4n) is 2.37. The molecule has 1 heterocycles. The molecule has 3 aromatic rings. The molecular weight excluding hydrogens is 362 g/mol. The fourth-order valence-corrected chi connectivity index (χ4v) is 3.02. The van der Waals surface area contributed by atoms with Crippen LogP contribution in [0, 0.1) is 0 Å². The molecule has 138 valence electrons. The first-order chi connectivity index (χ1) is 13.2. The van der Waals surface area contributed by atoms with Crippen molar-refractivity contribution in [3.63, 3.8) is 0 Å². The predicted octanol–water partition coefficient (Wildman–Crippen LogP) is 3.31. The van der Waals surface area contributed by atoms with Gasteiger partial charge in [0.1, 0.15) is 5.82 Å². The summed E-state index contributed by atoms with van der Waals surface area (Å²) < 4.78 is 0. The number of nitrogens with one attached hydrogen (secondary N) is 3. The van der Waals surface area contributed by atoms with Gasteiger partial charge in [-0.15, -0.1) is 0 Å². The van der Waals surface area contributed by atoms with Crippen LogP contribution in [-0.2, 0) is 4.79 Å². The molecule has 0 bridgehead atoms. The third-order valence-corrected chi connectivity index (χ3v) is 4.39. The van der Waals surface area contributed by atoms with Gasteiger partial charge in [-0.05, 0) is 31.2 Å². The molecule has 3 amide bonds. The van der Waals surface area contributed by atoms with Gasteiger partial charge in [0.15, 0.2) is 5.16 Å². The number of benzene rings is 2. The van der Waals surface area contributed by atoms with Crippen LogP contribution in [-0.4, -0.2) is 34.2 Å². The maximum absolute atomic E-state index is 11.9. The van der Waals surface area contributed by atoms with Crippen molar-refractivity contribution in [2.24, 2.45) is 0 Å². The van der Waals surface area contributed by atoms with Crippen LogP contribution in [0.15, 0.2) is 59.8 Å². The Morgan fingerprint density at radius 1 is 1.00 bits per heavy atom. The maximum Gasteiger partial charge on any atom is 0.321 e. The number of thioether (sulfide) groups is 1. The number of amides is 3. The molecule has 0 spiro atoms. The molecule has 27 heavy (non-hydrogen) atoms. The molecule has 0 radical (unpaired) electrons. The number of anilines is 2. The third kappa shape index (κ3) is 5.18. The van der Waals surface area contributed by atoms with Gasteiger partial charge < -0.3 is 10.6 Å². The fraction of sp³-hybridized carbons (Fsp3) is 0.158. The van der Waals surface area contributed by atoms with Gasteiger partial charge in [-0.2, -0.15) is 0 Å². The van der Waals surface area contributed by atoms with E-state index in [4.69, 9.17) is 0 Å². The van der Waals surface area contributed by atoms with E-state index in [2.05, 4.69) is 25.9 Å². The minimum Gasteiger partial charge on any atom is -0.340 e. The van der Waals surface area contributed by atoms with Crippen LogP contribution in [0.3, 0.4) is 0 Å². The summed E-state index contributed by atoms with van der Waals surface area (Å²) in [5.74, 6) is 0.305. The largest absolute Gasteiger partial charge is 0.340 e. The molecule has 0 aliphatic heterocycles. The van der Waals surface area contributed by atoms with Crippen molar-refractivity contribution in [1.82, 2.24) is 20.6 Å². The van der Waals surface area contributed by atoms with Crippen molar-refractivity contribution in [2.75, 3.05) is 17.6 Å². The first kappa shape index (κ1) is 18.7. The van der Waals surface area contributed by atoms with E-state index in [0.717, 1.165) is 16.6 Å². The number of urea groups is 1. The van der Waals surface area contributed by atoms with Crippen molar-refractivity contribution < 1.29 is 9.59 Å². The van der Waals surface area contributed by atoms with E-state index in [0.29, 0.717) is 17.5 Å². The lowest BCUT2D eigenvalue weighted by Crippen LogP contribution is -2.40. The molecule has 0 unspecified atom stereocenters. The quantitative estimate of drug-likeness (QED) is 0.448. The zero-order valence-electron chi connectivity index (χ0n) is 14.7. The highest BCUT2D eigenvalue weighted by Crippen LogP contribution is 2.26. The van der Waals surface area contributed by atoms with Crippen LogP contribution < -0.4 is 16.0 Å². The molecule has 0 aliphatic rings. The second-order valence-corrected chi connectivity index (χ2v) is 6.50. The Morgan fingerprint density at radius 2 is 1.74 bits per heavy atom. The van der Waals surface area contributed by atoms with Crippen LogP contribution in [0.1, 0.15) is 6.92 Å². The van der Waals surface area contributed by atoms with E-state index in [9.17, 15) is 9.59 Å². The summed E-state index contributed by atoms with van der Waals surface area (Å²) in [6.45, 7) is 2.23. The molecule has 3 rings (SSSR count). The Kier molecular flexibility index (Phi) is 6.22. The number of aromatic nitrogens is 2. The maximum atomic E-state index is 11.9. The topological polar surface area (TPSA) is 96.0 Å². The molecule has 0 aliphatic carbocycles. The molecular formula is C19H19N5O2S. The number of para-hydroxylation sites is 2. The Hall–Kier alpha value is -3.13. The van der Waals surface area contributed by atoms with Crippen molar-refractivity contribution in [2.45, 2.75) is 12.1 Å². The molecule has 0 atom stereocenters. The molecule has 0 saturated heterocycles. The number of nitrogens with zero attached hydrogens (tertiary/aromatic N) is 2. The monoisotopic (exact) mass is 381 g/mol. The van der Waals surface area contributed by atoms with Gasteiger partial charge in [0.05, 0.1) is 11.3 Å². The normalized spacial score (nSPS) is 10.4. The molecule has 8 heteroatoms. The average molecular weight is 381 g/mol. The van der Waals surface area contributed by atoms with Gasteiger partial charge in [0, 0.05) is 17.6 Å². The number of imide groups is 1. The van der Waals surface area contributed by atoms with Crippen molar-refractivity contribution in [1.29, 1.82) is 0 Å². The zero-order valence-corrected chi connectivity index (χ0v) is 15.5. The van der Waals surface area contributed by atoms with Gasteiger partial charge in [-0.25, -0.2) is 14.8 Å². The predicted molar refractivity (Wildman–Crippen MR) is 107 cm³/mol. The average Bonchev–Trinajstić information content (AvgIpc) is 2.67. The highest BCUT2D eigenvalue weighted by molar-refractivity contribution is 7.99. The number of carbonyl (C=O) groups is 2. The molecule has 0 fully saturated rings. The van der Waals surface area contributed by atoms with Gasteiger partial charge in [0.25, 0.3) is 0 Å². The van der Waals surface area contributed by atoms with Crippen LogP contribution in [0.25, 0.3) is 10.9 Å². The SMILES string of the molecule is CCNC(=O)NC(=O)CSc1nc(Nc2ccccc2)c2ccccc2n1. The van der Waals surface area contributed by atoms with E-state index in [-0.39, 0.29) is 5.75 Å². The lowest BCUT2D eigenvalue weighted by atomic mass is 10.2. The van der Waals surface area contributed by atoms with Crippen molar-refractivity contribution >= 4 is 46.1 Å². The summed E-state index contributed by atoms with van der Waals surface area (Å²) in [5.41, 5.74) is 1.68. The lowest BCUT2D eigenvalue weighted by Gasteiger charge is -2.10. The molecule has 3 N–H and O–H groups in total. The Morgan fingerprint density at radius 3 is 2.52 bits per heavy atom. The van der Waals surface area contributed by atoms with Crippen LogP contribution in [0.4, 0.5) is 16.3 Å². The molecule has 1 aromatic heterocycles. The number of carbonyl (C=O) groups excluding carboxylic acids is 2. The van der Waals surface area contributed by atoms with Crippen LogP contribution in [0.2, 0.25) is 0 Å². The second-order valence-electron chi connectivity index (χ2n) is 5.56. The third-order valence-electron chi connectivity index (χ3n) is 3.54. The number of rotatable bonds is 6. The smallest absolute Gasteiger partial charge is 0.321 e. The first-order valence-corrected chi connectivity index (χ1v) is 9.43. The summed E-state index contributed by atoms with van der Waals surface area (Å²) in [7, 11) is 0. The van der Waals surface area contributed by atoms with E-state index in [1.807, 2.05) is 54.6 Å².